The molecule has 22 heavy (non-hydrogen) atoms. The maximum Gasteiger partial charge on any atom is 0.407 e. The summed E-state index contributed by atoms with van der Waals surface area (Å²) >= 11 is 6.52. The monoisotopic (exact) mass is 341 g/mol. The third kappa shape index (κ3) is 8.24. The van der Waals surface area contributed by atoms with Crippen LogP contribution in [-0.2, 0) is 15.9 Å². The molecule has 0 bridgehead atoms. The van der Waals surface area contributed by atoms with Crippen molar-refractivity contribution < 1.29 is 14.3 Å². The lowest BCUT2D eigenvalue weighted by molar-refractivity contribution is 0.0528. The number of ether oxygens (including phenoxy) is 2. The second kappa shape index (κ2) is 9.00. The fourth-order valence-corrected chi connectivity index (χ4v) is 2.64. The minimum absolute atomic E-state index is 0.387. The number of hydrogen-bond donors (Lipinski definition) is 1. The Morgan fingerprint density at radius 1 is 1.27 bits per heavy atom. The maximum absolute atomic E-state index is 11.5. The number of thiocarbonyl (C=S) groups is 1. The Bertz CT molecular complexity index is 495. The molecular formula is C16H23NO3S2. The van der Waals surface area contributed by atoms with E-state index in [0.29, 0.717) is 17.5 Å². The Morgan fingerprint density at radius 3 is 2.45 bits per heavy atom. The largest absolute Gasteiger partial charge is 0.479 e. The van der Waals surface area contributed by atoms with Crippen LogP contribution in [0.5, 0.6) is 0 Å². The number of amides is 1. The highest BCUT2D eigenvalue weighted by Crippen LogP contribution is 2.21. The van der Waals surface area contributed by atoms with Crippen molar-refractivity contribution in [1.82, 2.24) is 5.32 Å². The van der Waals surface area contributed by atoms with Crippen LogP contribution in [0, 0.1) is 0 Å². The standard InChI is InChI=1S/C16H23NO3S2/c1-5-19-15(21)22-13-8-6-12(7-9-13)10-11-17-14(18)20-16(2,3)4/h6-9H,5,10-11H2,1-4H3,(H,17,18). The third-order valence-electron chi connectivity index (χ3n) is 2.47. The summed E-state index contributed by atoms with van der Waals surface area (Å²) in [6.07, 6.45) is 0.363. The normalized spacial score (nSPS) is 10.9. The van der Waals surface area contributed by atoms with Crippen molar-refractivity contribution in [2.75, 3.05) is 13.2 Å². The molecule has 0 aliphatic rings. The van der Waals surface area contributed by atoms with E-state index in [2.05, 4.69) is 5.32 Å². The molecular weight excluding hydrogens is 318 g/mol. The molecule has 6 heteroatoms. The first kappa shape index (κ1) is 18.8. The molecule has 0 saturated carbocycles. The Labute approximate surface area is 142 Å². The van der Waals surface area contributed by atoms with Crippen LogP contribution in [0.2, 0.25) is 0 Å². The summed E-state index contributed by atoms with van der Waals surface area (Å²) in [6, 6.07) is 8.04. The van der Waals surface area contributed by atoms with Crippen molar-refractivity contribution in [3.05, 3.63) is 29.8 Å². The second-order valence-corrected chi connectivity index (χ2v) is 7.28. The molecule has 0 spiro atoms. The number of carbonyl (C=O) groups excluding carboxylic acids is 1. The van der Waals surface area contributed by atoms with Crippen LogP contribution in [-0.4, -0.2) is 29.2 Å². The summed E-state index contributed by atoms with van der Waals surface area (Å²) in [4.78, 5) is 12.6. The smallest absolute Gasteiger partial charge is 0.407 e. The molecule has 0 atom stereocenters. The minimum atomic E-state index is -0.470. The van der Waals surface area contributed by atoms with Crippen LogP contribution in [0.4, 0.5) is 4.79 Å². The minimum Gasteiger partial charge on any atom is -0.479 e. The first-order chi connectivity index (χ1) is 10.3. The van der Waals surface area contributed by atoms with Crippen molar-refractivity contribution in [2.24, 2.45) is 0 Å². The molecule has 1 rings (SSSR count). The fraction of sp³-hybridized carbons (Fsp3) is 0.500. The molecule has 0 heterocycles. The highest BCUT2D eigenvalue weighted by atomic mass is 32.2. The first-order valence-electron chi connectivity index (χ1n) is 7.20. The van der Waals surface area contributed by atoms with Gasteiger partial charge in [0.05, 0.1) is 6.61 Å². The van der Waals surface area contributed by atoms with Crippen LogP contribution in [0.1, 0.15) is 33.3 Å². The van der Waals surface area contributed by atoms with Gasteiger partial charge in [0.1, 0.15) is 5.60 Å². The van der Waals surface area contributed by atoms with Gasteiger partial charge in [0.15, 0.2) is 0 Å². The zero-order valence-corrected chi connectivity index (χ0v) is 15.1. The molecule has 0 aromatic heterocycles. The van der Waals surface area contributed by atoms with Crippen molar-refractivity contribution in [3.63, 3.8) is 0 Å². The molecule has 0 aliphatic heterocycles. The van der Waals surface area contributed by atoms with Gasteiger partial charge in [-0.15, -0.1) is 0 Å². The summed E-state index contributed by atoms with van der Waals surface area (Å²) in [5.74, 6) is 0. The van der Waals surface area contributed by atoms with Crippen molar-refractivity contribution >= 4 is 34.5 Å². The number of carbonyl (C=O) groups is 1. The number of rotatable bonds is 5. The summed E-state index contributed by atoms with van der Waals surface area (Å²) in [5.41, 5.74) is 0.671. The number of nitrogens with one attached hydrogen (secondary N) is 1. The molecule has 0 fully saturated rings. The Morgan fingerprint density at radius 2 is 1.91 bits per heavy atom. The van der Waals surface area contributed by atoms with Gasteiger partial charge in [-0.05, 0) is 75.8 Å². The summed E-state index contributed by atoms with van der Waals surface area (Å²) in [5, 5.41) is 2.74. The Balaban J connectivity index is 2.35. The summed E-state index contributed by atoms with van der Waals surface area (Å²) in [7, 11) is 0. The summed E-state index contributed by atoms with van der Waals surface area (Å²) < 4.78 is 10.9. The van der Waals surface area contributed by atoms with E-state index in [9.17, 15) is 4.79 Å². The van der Waals surface area contributed by atoms with E-state index < -0.39 is 5.60 Å². The van der Waals surface area contributed by atoms with Gasteiger partial charge in [-0.1, -0.05) is 12.1 Å². The zero-order valence-electron chi connectivity index (χ0n) is 13.5. The Kier molecular flexibility index (Phi) is 7.68. The van der Waals surface area contributed by atoms with Gasteiger partial charge in [0.2, 0.25) is 4.38 Å². The lowest BCUT2D eigenvalue weighted by Crippen LogP contribution is -2.33. The van der Waals surface area contributed by atoms with E-state index in [1.54, 1.807) is 0 Å². The molecule has 0 unspecified atom stereocenters. The number of benzene rings is 1. The molecule has 0 aliphatic carbocycles. The predicted molar refractivity (Wildman–Crippen MR) is 94.5 cm³/mol. The molecule has 0 radical (unpaired) electrons. The topological polar surface area (TPSA) is 47.6 Å². The van der Waals surface area contributed by atoms with E-state index in [-0.39, 0.29) is 6.09 Å². The highest BCUT2D eigenvalue weighted by Gasteiger charge is 2.15. The van der Waals surface area contributed by atoms with E-state index in [0.717, 1.165) is 16.9 Å². The highest BCUT2D eigenvalue weighted by molar-refractivity contribution is 8.22. The second-order valence-electron chi connectivity index (χ2n) is 5.61. The van der Waals surface area contributed by atoms with E-state index in [1.807, 2.05) is 52.0 Å². The van der Waals surface area contributed by atoms with Crippen LogP contribution >= 0.6 is 24.0 Å². The Hall–Kier alpha value is -1.27. The molecule has 4 nitrogen and oxygen atoms in total. The summed E-state index contributed by atoms with van der Waals surface area (Å²) in [6.45, 7) is 8.56. The first-order valence-corrected chi connectivity index (χ1v) is 8.43. The van der Waals surface area contributed by atoms with Gasteiger partial charge in [0.25, 0.3) is 0 Å². The zero-order chi connectivity index (χ0) is 16.6. The van der Waals surface area contributed by atoms with Gasteiger partial charge >= 0.3 is 6.09 Å². The SMILES string of the molecule is CCOC(=S)Sc1ccc(CCNC(=O)OC(C)(C)C)cc1. The van der Waals surface area contributed by atoms with Crippen LogP contribution in [0.15, 0.2) is 29.2 Å². The third-order valence-corrected chi connectivity index (χ3v) is 3.63. The number of alkyl carbamates (subject to hydrolysis) is 1. The molecule has 0 saturated heterocycles. The predicted octanol–water partition coefficient (Wildman–Crippen LogP) is 4.17. The van der Waals surface area contributed by atoms with Crippen LogP contribution < -0.4 is 5.32 Å². The lowest BCUT2D eigenvalue weighted by Gasteiger charge is -2.19. The van der Waals surface area contributed by atoms with Crippen molar-refractivity contribution in [1.29, 1.82) is 0 Å². The fourth-order valence-electron chi connectivity index (χ4n) is 1.59. The maximum atomic E-state index is 11.5. The van der Waals surface area contributed by atoms with Gasteiger partial charge in [-0.25, -0.2) is 4.79 Å². The average Bonchev–Trinajstić information content (AvgIpc) is 2.39. The van der Waals surface area contributed by atoms with E-state index >= 15 is 0 Å². The lowest BCUT2D eigenvalue weighted by atomic mass is 10.1. The van der Waals surface area contributed by atoms with Crippen molar-refractivity contribution in [2.45, 2.75) is 44.6 Å². The molecule has 1 N–H and O–H groups in total. The van der Waals surface area contributed by atoms with Crippen LogP contribution in [0.3, 0.4) is 0 Å². The average molecular weight is 341 g/mol. The van der Waals surface area contributed by atoms with Gasteiger partial charge in [0, 0.05) is 11.4 Å². The number of thioether (sulfide) groups is 1. The van der Waals surface area contributed by atoms with Gasteiger partial charge in [-0.3, -0.25) is 0 Å². The molecule has 1 aromatic rings. The van der Waals surface area contributed by atoms with Gasteiger partial charge in [-0.2, -0.15) is 0 Å². The number of hydrogen-bond acceptors (Lipinski definition) is 5. The van der Waals surface area contributed by atoms with E-state index in [1.165, 1.54) is 11.8 Å². The molecule has 1 aromatic carbocycles. The quantitative estimate of drug-likeness (QED) is 0.643. The van der Waals surface area contributed by atoms with E-state index in [4.69, 9.17) is 21.7 Å². The molecule has 1 amide bonds. The van der Waals surface area contributed by atoms with Crippen LogP contribution in [0.25, 0.3) is 0 Å². The van der Waals surface area contributed by atoms with Crippen molar-refractivity contribution in [3.8, 4) is 0 Å². The van der Waals surface area contributed by atoms with Gasteiger partial charge < -0.3 is 14.8 Å². The molecule has 122 valence electrons.